The molecule has 0 aliphatic heterocycles. The van der Waals surface area contributed by atoms with Crippen molar-refractivity contribution in [3.8, 4) is 0 Å². The van der Waals surface area contributed by atoms with Crippen molar-refractivity contribution in [3.63, 3.8) is 0 Å². The normalized spacial score (nSPS) is 25.5. The number of hydrogen-bond acceptors (Lipinski definition) is 2. The zero-order chi connectivity index (χ0) is 17.5. The van der Waals surface area contributed by atoms with Crippen LogP contribution >= 0.6 is 0 Å². The van der Waals surface area contributed by atoms with Crippen LogP contribution in [0.1, 0.15) is 43.2 Å². The first-order chi connectivity index (χ1) is 11.2. The van der Waals surface area contributed by atoms with Gasteiger partial charge in [-0.05, 0) is 49.8 Å². The summed E-state index contributed by atoms with van der Waals surface area (Å²) in [6.45, 7) is 0. The number of hydrogen-bond donors (Lipinski definition) is 3. The molecule has 2 fully saturated rings. The zero-order valence-electron chi connectivity index (χ0n) is 12.8. The minimum atomic E-state index is -4.74. The predicted molar refractivity (Wildman–Crippen MR) is 78.0 cm³/mol. The third kappa shape index (κ3) is 3.33. The highest BCUT2D eigenvalue weighted by Crippen LogP contribution is 2.48. The van der Waals surface area contributed by atoms with Gasteiger partial charge < -0.3 is 15.7 Å². The number of alkyl halides is 3. The summed E-state index contributed by atoms with van der Waals surface area (Å²) >= 11 is 0. The van der Waals surface area contributed by atoms with Crippen molar-refractivity contribution in [3.05, 3.63) is 35.1 Å². The molecule has 0 saturated heterocycles. The van der Waals surface area contributed by atoms with Gasteiger partial charge in [0.05, 0.1) is 5.56 Å². The number of amides is 1. The monoisotopic (exact) mass is 346 g/mol. The number of benzene rings is 1. The van der Waals surface area contributed by atoms with E-state index in [0.717, 1.165) is 25.0 Å². The van der Waals surface area contributed by atoms with Crippen LogP contribution in [0.5, 0.6) is 0 Å². The molecule has 24 heavy (non-hydrogen) atoms. The van der Waals surface area contributed by atoms with Crippen molar-refractivity contribution in [2.45, 2.75) is 55.9 Å². The topological polar surface area (TPSA) is 61.4 Å². The molecule has 0 unspecified atom stereocenters. The first-order valence-corrected chi connectivity index (χ1v) is 7.86. The summed E-state index contributed by atoms with van der Waals surface area (Å²) in [5.41, 5.74) is -1.49. The highest BCUT2D eigenvalue weighted by atomic mass is 19.4. The van der Waals surface area contributed by atoms with Gasteiger partial charge in [-0.2, -0.15) is 13.2 Å². The Balaban J connectivity index is 1.80. The van der Waals surface area contributed by atoms with Crippen molar-refractivity contribution in [2.75, 3.05) is 0 Å². The molecule has 0 bridgehead atoms. The number of carboxylic acid groups (broad SMARTS) is 1. The minimum absolute atomic E-state index is 0.136. The van der Waals surface area contributed by atoms with Crippen LogP contribution in [0.2, 0.25) is 0 Å². The molecule has 0 heterocycles. The van der Waals surface area contributed by atoms with Crippen molar-refractivity contribution in [1.29, 1.82) is 0 Å². The van der Waals surface area contributed by atoms with Crippen molar-refractivity contribution in [1.82, 2.24) is 10.6 Å². The molecule has 1 amide bonds. The smallest absolute Gasteiger partial charge is 0.419 e. The molecule has 2 aliphatic rings. The third-order valence-corrected chi connectivity index (χ3v) is 4.86. The first kappa shape index (κ1) is 17.0. The van der Waals surface area contributed by atoms with E-state index in [0.29, 0.717) is 24.8 Å². The molecule has 1 aromatic rings. The van der Waals surface area contributed by atoms with Gasteiger partial charge in [-0.3, -0.25) is 0 Å². The van der Waals surface area contributed by atoms with Crippen LogP contribution in [-0.2, 0) is 11.7 Å². The lowest BCUT2D eigenvalue weighted by molar-refractivity contribution is -0.140. The van der Waals surface area contributed by atoms with Gasteiger partial charge in [-0.15, -0.1) is 0 Å². The van der Waals surface area contributed by atoms with Crippen molar-refractivity contribution in [2.24, 2.45) is 0 Å². The van der Waals surface area contributed by atoms with Crippen LogP contribution in [0.25, 0.3) is 0 Å². The predicted octanol–water partition coefficient (Wildman–Crippen LogP) is 3.61. The Hall–Kier alpha value is -1.83. The van der Waals surface area contributed by atoms with Gasteiger partial charge in [0.2, 0.25) is 0 Å². The van der Waals surface area contributed by atoms with Crippen LogP contribution in [0.3, 0.4) is 0 Å². The van der Waals surface area contributed by atoms with E-state index >= 15 is 0 Å². The molecule has 2 aliphatic carbocycles. The maximum absolute atomic E-state index is 13.5. The van der Waals surface area contributed by atoms with Crippen LogP contribution < -0.4 is 10.6 Å². The molecule has 8 heteroatoms. The summed E-state index contributed by atoms with van der Waals surface area (Å²) in [7, 11) is 0. The molecule has 0 aromatic heterocycles. The average Bonchev–Trinajstić information content (AvgIpc) is 3.13. The minimum Gasteiger partial charge on any atom is -0.465 e. The third-order valence-electron chi connectivity index (χ3n) is 4.86. The molecule has 4 nitrogen and oxygen atoms in total. The summed E-state index contributed by atoms with van der Waals surface area (Å²) in [5, 5.41) is 14.6. The molecular formula is C16H18F4N2O2. The summed E-state index contributed by atoms with van der Waals surface area (Å²) in [4.78, 5) is 10.8. The molecule has 3 N–H and O–H groups in total. The largest absolute Gasteiger partial charge is 0.465 e. The van der Waals surface area contributed by atoms with Gasteiger partial charge in [0.25, 0.3) is 0 Å². The second-order valence-corrected chi connectivity index (χ2v) is 6.51. The van der Waals surface area contributed by atoms with Crippen LogP contribution in [0.15, 0.2) is 18.2 Å². The summed E-state index contributed by atoms with van der Waals surface area (Å²) in [6, 6.07) is 2.69. The zero-order valence-corrected chi connectivity index (χ0v) is 12.8. The van der Waals surface area contributed by atoms with Gasteiger partial charge >= 0.3 is 12.3 Å². The highest BCUT2D eigenvalue weighted by Gasteiger charge is 2.48. The Kier molecular flexibility index (Phi) is 4.19. The quantitative estimate of drug-likeness (QED) is 0.730. The lowest BCUT2D eigenvalue weighted by Gasteiger charge is -2.28. The van der Waals surface area contributed by atoms with Gasteiger partial charge in [0.15, 0.2) is 0 Å². The molecule has 3 rings (SSSR count). The molecule has 0 spiro atoms. The summed E-state index contributed by atoms with van der Waals surface area (Å²) in [5.74, 6) is -1.28. The number of halogens is 4. The Bertz CT molecular complexity index is 643. The fraction of sp³-hybridized carbons (Fsp3) is 0.562. The molecule has 2 atom stereocenters. The Morgan fingerprint density at radius 3 is 2.46 bits per heavy atom. The van der Waals surface area contributed by atoms with E-state index in [2.05, 4.69) is 10.6 Å². The number of carbonyl (C=O) groups is 1. The van der Waals surface area contributed by atoms with E-state index in [9.17, 15) is 22.4 Å². The maximum Gasteiger partial charge on any atom is 0.419 e. The average molecular weight is 346 g/mol. The Morgan fingerprint density at radius 2 is 1.88 bits per heavy atom. The van der Waals surface area contributed by atoms with Gasteiger partial charge in [0, 0.05) is 17.6 Å². The van der Waals surface area contributed by atoms with Gasteiger partial charge in [-0.1, -0.05) is 6.07 Å². The van der Waals surface area contributed by atoms with E-state index in [1.165, 1.54) is 6.07 Å². The van der Waals surface area contributed by atoms with E-state index in [1.807, 2.05) is 0 Å². The SMILES string of the molecule is O=C(O)N[C@H]1CCC[C@@H]1NC1(c2ccc(F)c(C(F)(F)F)c2)CC1. The Labute approximate surface area is 136 Å². The maximum atomic E-state index is 13.5. The highest BCUT2D eigenvalue weighted by molar-refractivity contribution is 5.65. The van der Waals surface area contributed by atoms with E-state index in [4.69, 9.17) is 5.11 Å². The number of nitrogens with one attached hydrogen (secondary N) is 2. The van der Waals surface area contributed by atoms with E-state index < -0.39 is 29.2 Å². The molecule has 2 saturated carbocycles. The Morgan fingerprint density at radius 1 is 1.21 bits per heavy atom. The molecule has 0 radical (unpaired) electrons. The second-order valence-electron chi connectivity index (χ2n) is 6.51. The van der Waals surface area contributed by atoms with Gasteiger partial charge in [-0.25, -0.2) is 9.18 Å². The fourth-order valence-corrected chi connectivity index (χ4v) is 3.50. The lowest BCUT2D eigenvalue weighted by Crippen LogP contribution is -2.49. The van der Waals surface area contributed by atoms with Crippen molar-refractivity contribution >= 4 is 6.09 Å². The summed E-state index contributed by atoms with van der Waals surface area (Å²) in [6.07, 6.45) is -2.28. The first-order valence-electron chi connectivity index (χ1n) is 7.86. The fourth-order valence-electron chi connectivity index (χ4n) is 3.50. The number of rotatable bonds is 4. The van der Waals surface area contributed by atoms with E-state index in [1.54, 1.807) is 0 Å². The van der Waals surface area contributed by atoms with Crippen LogP contribution in [0, 0.1) is 5.82 Å². The van der Waals surface area contributed by atoms with Gasteiger partial charge in [0.1, 0.15) is 5.82 Å². The van der Waals surface area contributed by atoms with Crippen molar-refractivity contribution < 1.29 is 27.5 Å². The summed E-state index contributed by atoms with van der Waals surface area (Å²) < 4.78 is 52.2. The van der Waals surface area contributed by atoms with Crippen LogP contribution in [0.4, 0.5) is 22.4 Å². The molecular weight excluding hydrogens is 328 g/mol. The second kappa shape index (κ2) is 5.91. The lowest BCUT2D eigenvalue weighted by atomic mass is 9.99. The standard InChI is InChI=1S/C16H18F4N2O2/c17-11-5-4-9(8-10(11)16(18,19)20)15(6-7-15)22-13-3-1-2-12(13)21-14(23)24/h4-5,8,12-13,21-22H,1-3,6-7H2,(H,23,24)/t12-,13-/m0/s1. The molecule has 132 valence electrons. The van der Waals surface area contributed by atoms with Crippen LogP contribution in [-0.4, -0.2) is 23.3 Å². The molecule has 1 aromatic carbocycles. The van der Waals surface area contributed by atoms with E-state index in [-0.39, 0.29) is 12.1 Å².